The Kier molecular flexibility index (Phi) is 7.18. The van der Waals surface area contributed by atoms with E-state index >= 15 is 0 Å². The van der Waals surface area contributed by atoms with Gasteiger partial charge in [0.15, 0.2) is 5.82 Å². The van der Waals surface area contributed by atoms with Crippen LogP contribution < -0.4 is 14.8 Å². The monoisotopic (exact) mass is 553 g/mol. The third-order valence-electron chi connectivity index (χ3n) is 6.31. The Balaban J connectivity index is 1.29. The van der Waals surface area contributed by atoms with Gasteiger partial charge in [0.1, 0.15) is 23.1 Å². The molecule has 1 unspecified atom stereocenters. The summed E-state index contributed by atoms with van der Waals surface area (Å²) in [4.78, 5) is 21.5. The number of rotatable bonds is 5. The zero-order valence-corrected chi connectivity index (χ0v) is 21.7. The number of alkyl halides is 3. The molecule has 0 aliphatic carbocycles. The molecule has 0 bridgehead atoms. The fourth-order valence-electron chi connectivity index (χ4n) is 4.20. The minimum Gasteiger partial charge on any atom is -0.493 e. The maximum atomic E-state index is 12.9. The number of fused-ring (bicyclic) bond motifs is 1. The second-order valence-corrected chi connectivity index (χ2v) is 9.64. The van der Waals surface area contributed by atoms with E-state index in [2.05, 4.69) is 22.2 Å². The van der Waals surface area contributed by atoms with Gasteiger partial charge in [-0.1, -0.05) is 30.7 Å². The number of carbonyl (C=O) groups is 1. The van der Waals surface area contributed by atoms with Gasteiger partial charge in [0.2, 0.25) is 0 Å². The lowest BCUT2D eigenvalue weighted by Gasteiger charge is -2.24. The maximum absolute atomic E-state index is 12.9. The molecular formula is C29H23ClF3N3O3. The van der Waals surface area contributed by atoms with Crippen LogP contribution in [0.1, 0.15) is 46.4 Å². The first-order valence-corrected chi connectivity index (χ1v) is 12.5. The molecule has 5 rings (SSSR count). The number of aromatic nitrogens is 2. The van der Waals surface area contributed by atoms with Crippen molar-refractivity contribution in [2.75, 3.05) is 11.9 Å². The number of nitrogens with one attached hydrogen (secondary N) is 1. The number of amides is 1. The standard InChI is InChI=1S/C29H23ClF3N3O3/c1-16-11-12-38-24-15-25(23(30)14-22(16)24)39-21-9-5-19(6-10-21)28(37)36-26-13-17(2)34-27(35-26)18-3-7-20(8-4-18)29(31,32)33/h3-10,13-16H,11-12H2,1-2H3,(H,34,35,36,37). The number of ether oxygens (including phenoxy) is 2. The molecular weight excluding hydrogens is 531 g/mol. The van der Waals surface area contributed by atoms with Crippen molar-refractivity contribution in [1.29, 1.82) is 0 Å². The van der Waals surface area contributed by atoms with E-state index in [0.717, 1.165) is 29.9 Å². The number of carbonyl (C=O) groups excluding carboxylic acids is 1. The summed E-state index contributed by atoms with van der Waals surface area (Å²) in [6.07, 6.45) is -3.51. The molecule has 1 aliphatic rings. The third-order valence-corrected chi connectivity index (χ3v) is 6.61. The van der Waals surface area contributed by atoms with E-state index in [0.29, 0.717) is 45.9 Å². The highest BCUT2D eigenvalue weighted by Crippen LogP contribution is 2.41. The van der Waals surface area contributed by atoms with Gasteiger partial charge in [-0.05, 0) is 67.3 Å². The van der Waals surface area contributed by atoms with Gasteiger partial charge >= 0.3 is 6.18 Å². The molecule has 1 N–H and O–H groups in total. The van der Waals surface area contributed by atoms with E-state index in [9.17, 15) is 18.0 Å². The molecule has 3 aromatic carbocycles. The summed E-state index contributed by atoms with van der Waals surface area (Å²) in [5.74, 6) is 2.03. The molecule has 0 saturated carbocycles. The van der Waals surface area contributed by atoms with Crippen molar-refractivity contribution in [1.82, 2.24) is 9.97 Å². The fraction of sp³-hybridized carbons (Fsp3) is 0.207. The highest BCUT2D eigenvalue weighted by atomic mass is 35.5. The smallest absolute Gasteiger partial charge is 0.416 e. The van der Waals surface area contributed by atoms with Crippen LogP contribution in [-0.2, 0) is 6.18 Å². The van der Waals surface area contributed by atoms with Crippen LogP contribution in [0, 0.1) is 6.92 Å². The zero-order chi connectivity index (χ0) is 27.7. The van der Waals surface area contributed by atoms with Crippen LogP contribution >= 0.6 is 11.6 Å². The highest BCUT2D eigenvalue weighted by molar-refractivity contribution is 6.32. The Morgan fingerprint density at radius 1 is 1.05 bits per heavy atom. The van der Waals surface area contributed by atoms with Gasteiger partial charge in [-0.25, -0.2) is 9.97 Å². The molecule has 0 spiro atoms. The van der Waals surface area contributed by atoms with E-state index in [1.165, 1.54) is 12.1 Å². The first kappa shape index (κ1) is 26.5. The van der Waals surface area contributed by atoms with Crippen LogP contribution in [0.4, 0.5) is 19.0 Å². The summed E-state index contributed by atoms with van der Waals surface area (Å²) in [5.41, 5.74) is 1.57. The van der Waals surface area contributed by atoms with Crippen LogP contribution in [0.2, 0.25) is 5.02 Å². The number of anilines is 1. The average Bonchev–Trinajstić information content (AvgIpc) is 2.89. The van der Waals surface area contributed by atoms with Gasteiger partial charge in [0.05, 0.1) is 17.2 Å². The molecule has 6 nitrogen and oxygen atoms in total. The minimum atomic E-state index is -4.44. The van der Waals surface area contributed by atoms with E-state index in [1.807, 2.05) is 6.07 Å². The molecule has 200 valence electrons. The summed E-state index contributed by atoms with van der Waals surface area (Å²) in [7, 11) is 0. The van der Waals surface area contributed by atoms with E-state index < -0.39 is 17.6 Å². The number of benzene rings is 3. The Morgan fingerprint density at radius 3 is 2.46 bits per heavy atom. The summed E-state index contributed by atoms with van der Waals surface area (Å²) in [5, 5.41) is 3.18. The lowest BCUT2D eigenvalue weighted by Crippen LogP contribution is -2.13. The van der Waals surface area contributed by atoms with Gasteiger partial charge in [-0.3, -0.25) is 4.79 Å². The van der Waals surface area contributed by atoms with Gasteiger partial charge in [0, 0.05) is 29.0 Å². The predicted octanol–water partition coefficient (Wildman–Crippen LogP) is 8.05. The summed E-state index contributed by atoms with van der Waals surface area (Å²) < 4.78 is 50.3. The molecule has 1 amide bonds. The second-order valence-electron chi connectivity index (χ2n) is 9.23. The SMILES string of the molecule is Cc1cc(NC(=O)c2ccc(Oc3cc4c(cc3Cl)C(C)CCO4)cc2)nc(-c2ccc(C(F)(F)F)cc2)n1. The predicted molar refractivity (Wildman–Crippen MR) is 142 cm³/mol. The first-order chi connectivity index (χ1) is 18.6. The Morgan fingerprint density at radius 2 is 1.77 bits per heavy atom. The first-order valence-electron chi connectivity index (χ1n) is 12.2. The van der Waals surface area contributed by atoms with Crippen LogP contribution in [0.5, 0.6) is 17.2 Å². The number of hydrogen-bond acceptors (Lipinski definition) is 5. The number of aryl methyl sites for hydroxylation is 1. The van der Waals surface area contributed by atoms with Crippen LogP contribution in [0.25, 0.3) is 11.4 Å². The van der Waals surface area contributed by atoms with Gasteiger partial charge in [-0.15, -0.1) is 0 Å². The van der Waals surface area contributed by atoms with Crippen molar-refractivity contribution >= 4 is 23.3 Å². The Labute approximate surface area is 227 Å². The fourth-order valence-corrected chi connectivity index (χ4v) is 4.41. The summed E-state index contributed by atoms with van der Waals surface area (Å²) >= 11 is 6.44. The zero-order valence-electron chi connectivity index (χ0n) is 21.0. The Hall–Kier alpha value is -4.11. The summed E-state index contributed by atoms with van der Waals surface area (Å²) in [6, 6.07) is 16.2. The number of hydrogen-bond donors (Lipinski definition) is 1. The van der Waals surface area contributed by atoms with Crippen molar-refractivity contribution in [3.8, 4) is 28.6 Å². The van der Waals surface area contributed by atoms with Crippen molar-refractivity contribution < 1.29 is 27.4 Å². The van der Waals surface area contributed by atoms with Crippen molar-refractivity contribution in [3.63, 3.8) is 0 Å². The van der Waals surface area contributed by atoms with E-state index in [1.54, 1.807) is 43.3 Å². The maximum Gasteiger partial charge on any atom is 0.416 e. The van der Waals surface area contributed by atoms with Crippen molar-refractivity contribution in [3.05, 3.63) is 94.1 Å². The van der Waals surface area contributed by atoms with E-state index in [-0.39, 0.29) is 11.6 Å². The van der Waals surface area contributed by atoms with Gasteiger partial charge in [0.25, 0.3) is 5.91 Å². The molecule has 1 aromatic heterocycles. The minimum absolute atomic E-state index is 0.197. The van der Waals surface area contributed by atoms with Crippen LogP contribution in [-0.4, -0.2) is 22.5 Å². The van der Waals surface area contributed by atoms with Gasteiger partial charge in [-0.2, -0.15) is 13.2 Å². The molecule has 0 saturated heterocycles. The normalized spacial score (nSPS) is 14.8. The quantitative estimate of drug-likeness (QED) is 0.270. The van der Waals surface area contributed by atoms with Crippen LogP contribution in [0.3, 0.4) is 0 Å². The highest BCUT2D eigenvalue weighted by Gasteiger charge is 2.30. The molecule has 39 heavy (non-hydrogen) atoms. The lowest BCUT2D eigenvalue weighted by atomic mass is 9.95. The van der Waals surface area contributed by atoms with Crippen molar-refractivity contribution in [2.45, 2.75) is 32.4 Å². The average molecular weight is 554 g/mol. The molecule has 0 radical (unpaired) electrons. The lowest BCUT2D eigenvalue weighted by molar-refractivity contribution is -0.137. The third kappa shape index (κ3) is 5.98. The Bertz CT molecular complexity index is 1520. The largest absolute Gasteiger partial charge is 0.493 e. The molecule has 1 aliphatic heterocycles. The number of halogens is 4. The molecule has 0 fully saturated rings. The van der Waals surface area contributed by atoms with Gasteiger partial charge < -0.3 is 14.8 Å². The molecule has 10 heteroatoms. The molecule has 4 aromatic rings. The summed E-state index contributed by atoms with van der Waals surface area (Å²) in [6.45, 7) is 4.46. The van der Waals surface area contributed by atoms with E-state index in [4.69, 9.17) is 21.1 Å². The molecule has 2 heterocycles. The second kappa shape index (κ2) is 10.6. The molecule has 1 atom stereocenters. The van der Waals surface area contributed by atoms with Crippen molar-refractivity contribution in [2.24, 2.45) is 0 Å². The number of nitrogens with zero attached hydrogens (tertiary/aromatic N) is 2. The van der Waals surface area contributed by atoms with Crippen LogP contribution in [0.15, 0.2) is 66.7 Å². The topological polar surface area (TPSA) is 73.3 Å².